The molecule has 0 spiro atoms. The van der Waals surface area contributed by atoms with Crippen LogP contribution in [0.25, 0.3) is 0 Å². The van der Waals surface area contributed by atoms with Gasteiger partial charge in [0.05, 0.1) is 0 Å². The van der Waals surface area contributed by atoms with Gasteiger partial charge in [0.2, 0.25) is 0 Å². The molecule has 0 aliphatic heterocycles. The molecule has 0 unspecified atom stereocenters. The van der Waals surface area contributed by atoms with Gasteiger partial charge >= 0.3 is 0 Å². The third kappa shape index (κ3) is 12.1. The van der Waals surface area contributed by atoms with Crippen molar-refractivity contribution in [3.8, 4) is 12.3 Å². The van der Waals surface area contributed by atoms with E-state index in [0.717, 1.165) is 12.2 Å². The minimum atomic E-state index is 0.994. The predicted molar refractivity (Wildman–Crippen MR) is 114 cm³/mol. The van der Waals surface area contributed by atoms with Gasteiger partial charge < -0.3 is 0 Å². The fourth-order valence-corrected chi connectivity index (χ4v) is 3.63. The Morgan fingerprint density at radius 3 is 1.62 bits per heavy atom. The molecule has 1 heterocycles. The van der Waals surface area contributed by atoms with Crippen LogP contribution in [-0.2, 0) is 6.54 Å². The molecule has 0 saturated carbocycles. The van der Waals surface area contributed by atoms with E-state index in [2.05, 4.69) is 29.7 Å². The minimum Gasteiger partial charge on any atom is -0.191 e. The van der Waals surface area contributed by atoms with Crippen molar-refractivity contribution in [3.63, 3.8) is 0 Å². The molecule has 0 bridgehead atoms. The molecule has 1 nitrogen and oxygen atoms in total. The van der Waals surface area contributed by atoms with Crippen LogP contribution in [0.4, 0.5) is 0 Å². The van der Waals surface area contributed by atoms with Crippen molar-refractivity contribution < 1.29 is 4.57 Å². The number of hydrogen-bond acceptors (Lipinski definition) is 0. The summed E-state index contributed by atoms with van der Waals surface area (Å²) in [6, 6.07) is 6.10. The van der Waals surface area contributed by atoms with E-state index in [9.17, 15) is 0 Å². The maximum atomic E-state index is 5.54. The third-order valence-electron chi connectivity index (χ3n) is 5.34. The van der Waals surface area contributed by atoms with Gasteiger partial charge in [-0.1, -0.05) is 96.8 Å². The van der Waals surface area contributed by atoms with E-state index >= 15 is 0 Å². The molecular weight excluding hydrogens is 314 g/mol. The van der Waals surface area contributed by atoms with Crippen molar-refractivity contribution in [1.82, 2.24) is 0 Å². The smallest absolute Gasteiger partial charge is 0.191 e. The van der Waals surface area contributed by atoms with Crippen LogP contribution in [0.1, 0.15) is 115 Å². The van der Waals surface area contributed by atoms with E-state index in [1.807, 2.05) is 12.1 Å². The second-order valence-electron chi connectivity index (χ2n) is 7.73. The molecule has 0 amide bonds. The van der Waals surface area contributed by atoms with Gasteiger partial charge in [0.25, 0.3) is 5.69 Å². The lowest BCUT2D eigenvalue weighted by atomic mass is 10.0. The third-order valence-corrected chi connectivity index (χ3v) is 5.34. The molecule has 0 aliphatic carbocycles. The Kier molecular flexibility index (Phi) is 15.0. The van der Waals surface area contributed by atoms with Crippen LogP contribution in [0.2, 0.25) is 0 Å². The zero-order chi connectivity index (χ0) is 18.7. The summed E-state index contributed by atoms with van der Waals surface area (Å²) >= 11 is 0. The first-order valence-corrected chi connectivity index (χ1v) is 11.3. The summed E-state index contributed by atoms with van der Waals surface area (Å²) < 4.78 is 2.20. The van der Waals surface area contributed by atoms with Gasteiger partial charge in [0.1, 0.15) is 6.54 Å². The first-order chi connectivity index (χ1) is 12.9. The Morgan fingerprint density at radius 2 is 1.15 bits per heavy atom. The largest absolute Gasteiger partial charge is 0.256 e. The van der Waals surface area contributed by atoms with Gasteiger partial charge in [0.15, 0.2) is 6.20 Å². The van der Waals surface area contributed by atoms with Crippen LogP contribution in [0.15, 0.2) is 24.4 Å². The van der Waals surface area contributed by atoms with Gasteiger partial charge in [-0.05, 0) is 18.4 Å². The number of rotatable bonds is 17. The SMILES string of the molecule is C#Cc1cccc[n+]1CCCCCCCCCCCCCCCCCC. The summed E-state index contributed by atoms with van der Waals surface area (Å²) in [5, 5.41) is 0. The van der Waals surface area contributed by atoms with Crippen molar-refractivity contribution >= 4 is 0 Å². The van der Waals surface area contributed by atoms with Crippen LogP contribution in [0, 0.1) is 12.3 Å². The summed E-state index contributed by atoms with van der Waals surface area (Å²) in [6.07, 6.45) is 30.3. The Labute approximate surface area is 163 Å². The molecule has 0 saturated heterocycles. The highest BCUT2D eigenvalue weighted by Gasteiger charge is 2.05. The molecule has 0 aromatic carbocycles. The molecule has 0 fully saturated rings. The number of nitrogens with zero attached hydrogens (tertiary/aromatic N) is 1. The molecule has 1 heteroatoms. The number of hydrogen-bond donors (Lipinski definition) is 0. The second-order valence-corrected chi connectivity index (χ2v) is 7.73. The second kappa shape index (κ2) is 17.1. The summed E-state index contributed by atoms with van der Waals surface area (Å²) in [5.74, 6) is 2.76. The fourth-order valence-electron chi connectivity index (χ4n) is 3.63. The van der Waals surface area contributed by atoms with Crippen LogP contribution in [0.5, 0.6) is 0 Å². The summed E-state index contributed by atoms with van der Waals surface area (Å²) in [7, 11) is 0. The van der Waals surface area contributed by atoms with Gasteiger partial charge in [0, 0.05) is 18.6 Å². The maximum Gasteiger partial charge on any atom is 0.256 e. The summed E-state index contributed by atoms with van der Waals surface area (Å²) in [5.41, 5.74) is 0.994. The van der Waals surface area contributed by atoms with Crippen LogP contribution in [-0.4, -0.2) is 0 Å². The van der Waals surface area contributed by atoms with E-state index in [-0.39, 0.29) is 0 Å². The van der Waals surface area contributed by atoms with Crippen molar-refractivity contribution in [2.24, 2.45) is 0 Å². The lowest BCUT2D eigenvalue weighted by Gasteiger charge is -2.03. The number of aryl methyl sites for hydroxylation is 1. The Morgan fingerprint density at radius 1 is 0.692 bits per heavy atom. The monoisotopic (exact) mass is 356 g/mol. The molecule has 1 aromatic heterocycles. The van der Waals surface area contributed by atoms with Gasteiger partial charge in [-0.2, -0.15) is 4.57 Å². The molecule has 0 aliphatic rings. The lowest BCUT2D eigenvalue weighted by molar-refractivity contribution is -0.699. The summed E-state index contributed by atoms with van der Waals surface area (Å²) in [6.45, 7) is 3.35. The molecule has 1 aromatic rings. The van der Waals surface area contributed by atoms with Crippen LogP contribution in [0.3, 0.4) is 0 Å². The zero-order valence-electron chi connectivity index (χ0n) is 17.4. The lowest BCUT2D eigenvalue weighted by Crippen LogP contribution is -2.36. The topological polar surface area (TPSA) is 3.88 Å². The summed E-state index contributed by atoms with van der Waals surface area (Å²) in [4.78, 5) is 0. The predicted octanol–water partition coefficient (Wildman–Crippen LogP) is 7.22. The Balaban J connectivity index is 1.81. The number of pyridine rings is 1. The molecule has 0 atom stereocenters. The van der Waals surface area contributed by atoms with E-state index in [4.69, 9.17) is 6.42 Å². The van der Waals surface area contributed by atoms with Crippen LogP contribution >= 0.6 is 0 Å². The van der Waals surface area contributed by atoms with Crippen LogP contribution < -0.4 is 4.57 Å². The van der Waals surface area contributed by atoms with Gasteiger partial charge in [-0.3, -0.25) is 0 Å². The number of aromatic nitrogens is 1. The number of terminal acetylenes is 1. The van der Waals surface area contributed by atoms with E-state index in [1.54, 1.807) is 0 Å². The molecule has 0 N–H and O–H groups in total. The molecule has 0 radical (unpaired) electrons. The van der Waals surface area contributed by atoms with Gasteiger partial charge in [-0.15, -0.1) is 6.42 Å². The Bertz CT molecular complexity index is 471. The first kappa shape index (κ1) is 22.8. The molecule has 26 heavy (non-hydrogen) atoms. The quantitative estimate of drug-likeness (QED) is 0.158. The highest BCUT2D eigenvalue weighted by Crippen LogP contribution is 2.13. The van der Waals surface area contributed by atoms with E-state index < -0.39 is 0 Å². The van der Waals surface area contributed by atoms with Gasteiger partial charge in [-0.25, -0.2) is 0 Å². The highest BCUT2D eigenvalue weighted by molar-refractivity contribution is 5.18. The Hall–Kier alpha value is -1.29. The normalized spacial score (nSPS) is 10.8. The standard InChI is InChI=1S/C25H42N/c1-3-5-6-7-8-9-10-11-12-13-14-15-16-17-18-20-23-26-24-21-19-22-25(26)4-2/h2,19,21-22,24H,3,5-18,20,23H2,1H3/q+1. The van der Waals surface area contributed by atoms with Crippen molar-refractivity contribution in [2.45, 2.75) is 116 Å². The fraction of sp³-hybridized carbons (Fsp3) is 0.720. The van der Waals surface area contributed by atoms with E-state index in [1.165, 1.54) is 103 Å². The highest BCUT2D eigenvalue weighted by atomic mass is 14.9. The van der Waals surface area contributed by atoms with Crippen molar-refractivity contribution in [3.05, 3.63) is 30.1 Å². The van der Waals surface area contributed by atoms with Crippen molar-refractivity contribution in [1.29, 1.82) is 0 Å². The van der Waals surface area contributed by atoms with Crippen molar-refractivity contribution in [2.75, 3.05) is 0 Å². The molecule has 1 rings (SSSR count). The zero-order valence-corrected chi connectivity index (χ0v) is 17.4. The first-order valence-electron chi connectivity index (χ1n) is 11.3. The number of unbranched alkanes of at least 4 members (excludes halogenated alkanes) is 15. The average molecular weight is 357 g/mol. The maximum absolute atomic E-state index is 5.54. The average Bonchev–Trinajstić information content (AvgIpc) is 2.68. The minimum absolute atomic E-state index is 0.994. The molecule has 146 valence electrons. The van der Waals surface area contributed by atoms with E-state index in [0.29, 0.717) is 0 Å². The molecular formula is C25H42N+.